The van der Waals surface area contributed by atoms with Crippen molar-refractivity contribution < 1.29 is 30.8 Å². The number of hydrazone groups is 1. The predicted octanol–water partition coefficient (Wildman–Crippen LogP) is 3.19. The molecule has 0 fully saturated rings. The molecule has 0 atom stereocenters. The predicted molar refractivity (Wildman–Crippen MR) is 124 cm³/mol. The summed E-state index contributed by atoms with van der Waals surface area (Å²) in [4.78, 5) is 17.4. The lowest BCUT2D eigenvalue weighted by atomic mass is 10.1. The maximum absolute atomic E-state index is 14.8. The molecule has 1 amide bonds. The van der Waals surface area contributed by atoms with Gasteiger partial charge >= 0.3 is 15.5 Å². The van der Waals surface area contributed by atoms with Crippen LogP contribution < -0.4 is 10.3 Å². The summed E-state index contributed by atoms with van der Waals surface area (Å²) in [6.45, 7) is 2.96. The molecular formula is C22H22F4N6O3S. The van der Waals surface area contributed by atoms with Crippen LogP contribution in [0.4, 0.5) is 23.2 Å². The Morgan fingerprint density at radius 1 is 1.17 bits per heavy atom. The van der Waals surface area contributed by atoms with Crippen LogP contribution in [0.2, 0.25) is 0 Å². The minimum absolute atomic E-state index is 0.0130. The zero-order valence-electron chi connectivity index (χ0n) is 19.3. The van der Waals surface area contributed by atoms with Crippen molar-refractivity contribution in [2.24, 2.45) is 5.10 Å². The number of rotatable bonds is 6. The lowest BCUT2D eigenvalue weighted by molar-refractivity contribution is -0.0471. The lowest BCUT2D eigenvalue weighted by Gasteiger charge is -2.29. The molecule has 0 spiro atoms. The quantitative estimate of drug-likeness (QED) is 0.498. The number of nitrogens with zero attached hydrogens (tertiary/aromatic N) is 5. The third-order valence-corrected chi connectivity index (χ3v) is 7.06. The van der Waals surface area contributed by atoms with Gasteiger partial charge in [0.05, 0.1) is 24.5 Å². The minimum Gasteiger partial charge on any atom is -0.347 e. The fourth-order valence-electron chi connectivity index (χ4n) is 3.75. The molecule has 3 heterocycles. The zero-order valence-corrected chi connectivity index (χ0v) is 20.1. The number of halogens is 4. The molecule has 0 bridgehead atoms. The van der Waals surface area contributed by atoms with Crippen LogP contribution >= 0.6 is 0 Å². The molecule has 1 aliphatic rings. The average Bonchev–Trinajstić information content (AvgIpc) is 3.20. The van der Waals surface area contributed by atoms with E-state index in [2.05, 4.69) is 15.4 Å². The molecule has 0 radical (unpaired) electrons. The van der Waals surface area contributed by atoms with Crippen LogP contribution in [0.25, 0.3) is 5.65 Å². The van der Waals surface area contributed by atoms with Gasteiger partial charge in [-0.1, -0.05) is 19.1 Å². The number of benzene rings is 1. The van der Waals surface area contributed by atoms with Gasteiger partial charge in [-0.3, -0.25) is 14.2 Å². The smallest absolute Gasteiger partial charge is 0.347 e. The molecule has 1 N–H and O–H groups in total. The van der Waals surface area contributed by atoms with Crippen molar-refractivity contribution in [2.75, 3.05) is 18.1 Å². The van der Waals surface area contributed by atoms with E-state index in [1.165, 1.54) is 18.2 Å². The van der Waals surface area contributed by atoms with Crippen LogP contribution in [0.5, 0.6) is 0 Å². The Balaban J connectivity index is 1.47. The van der Waals surface area contributed by atoms with Crippen molar-refractivity contribution in [2.45, 2.75) is 32.3 Å². The molecule has 0 saturated carbocycles. The Bertz CT molecular complexity index is 1450. The summed E-state index contributed by atoms with van der Waals surface area (Å²) in [6.07, 6.45) is 2.86. The molecule has 0 aliphatic carbocycles. The summed E-state index contributed by atoms with van der Waals surface area (Å²) in [7, 11) is -5.56. The minimum atomic E-state index is -5.56. The zero-order chi connectivity index (χ0) is 26.3. The van der Waals surface area contributed by atoms with E-state index in [0.717, 1.165) is 10.6 Å². The van der Waals surface area contributed by atoms with Crippen molar-refractivity contribution in [3.05, 3.63) is 64.9 Å². The average molecular weight is 527 g/mol. The van der Waals surface area contributed by atoms with Gasteiger partial charge in [-0.2, -0.15) is 26.7 Å². The normalized spacial score (nSPS) is 14.5. The highest BCUT2D eigenvalue weighted by Crippen LogP contribution is 2.28. The number of imidazole rings is 1. The number of aryl methyl sites for hydroxylation is 2. The van der Waals surface area contributed by atoms with E-state index in [-0.39, 0.29) is 29.0 Å². The van der Waals surface area contributed by atoms with Gasteiger partial charge < -0.3 is 5.32 Å². The van der Waals surface area contributed by atoms with Crippen LogP contribution in [-0.4, -0.2) is 53.0 Å². The van der Waals surface area contributed by atoms with Gasteiger partial charge in [0.2, 0.25) is 0 Å². The van der Waals surface area contributed by atoms with Gasteiger partial charge in [0.1, 0.15) is 23.5 Å². The number of nitrogens with one attached hydrogen (secondary N) is 1. The highest BCUT2D eigenvalue weighted by molar-refractivity contribution is 7.90. The first-order valence-electron chi connectivity index (χ1n) is 10.9. The molecule has 0 unspecified atom stereocenters. The van der Waals surface area contributed by atoms with Crippen molar-refractivity contribution in [3.63, 3.8) is 0 Å². The van der Waals surface area contributed by atoms with E-state index in [4.69, 9.17) is 0 Å². The lowest BCUT2D eigenvalue weighted by Crippen LogP contribution is -2.46. The Hall–Kier alpha value is -3.68. The number of fused-ring (bicyclic) bond motifs is 1. The summed E-state index contributed by atoms with van der Waals surface area (Å²) < 4.78 is 77.6. The third kappa shape index (κ3) is 4.72. The molecule has 3 aromatic rings. The standard InChI is InChI=1S/C22H22F4N6O3S/c1-3-17-20(31-12-14(2)4-7-19(31)29-17)21(33)27-11-15-5-6-18(16(23)10-15)32-9-8-30(13-28-32)36(34,35)22(24,25)26/h4-7,10,12-13H,3,8-9,11H2,1-2H3,(H,27,33). The van der Waals surface area contributed by atoms with Gasteiger partial charge in [0.25, 0.3) is 5.91 Å². The fourth-order valence-corrected chi connectivity index (χ4v) is 4.50. The van der Waals surface area contributed by atoms with E-state index in [0.29, 0.717) is 35.4 Å². The van der Waals surface area contributed by atoms with Crippen LogP contribution in [0.15, 0.2) is 41.6 Å². The molecule has 36 heavy (non-hydrogen) atoms. The highest BCUT2D eigenvalue weighted by Gasteiger charge is 2.50. The van der Waals surface area contributed by atoms with Crippen LogP contribution in [-0.2, 0) is 23.0 Å². The number of amides is 1. The Morgan fingerprint density at radius 2 is 1.92 bits per heavy atom. The van der Waals surface area contributed by atoms with Crippen molar-refractivity contribution in [1.29, 1.82) is 0 Å². The second-order valence-electron chi connectivity index (χ2n) is 8.08. The topological polar surface area (TPSA) is 99.4 Å². The van der Waals surface area contributed by atoms with Gasteiger partial charge in [-0.15, -0.1) is 0 Å². The third-order valence-electron chi connectivity index (χ3n) is 5.59. The second kappa shape index (κ2) is 9.41. The van der Waals surface area contributed by atoms with Crippen LogP contribution in [0, 0.1) is 12.7 Å². The number of hydrogen-bond donors (Lipinski definition) is 1. The molecule has 2 aromatic heterocycles. The number of carbonyl (C=O) groups excluding carboxylic acids is 1. The van der Waals surface area contributed by atoms with E-state index in [1.807, 2.05) is 32.2 Å². The molecule has 1 aliphatic heterocycles. The van der Waals surface area contributed by atoms with E-state index >= 15 is 0 Å². The summed E-state index contributed by atoms with van der Waals surface area (Å²) in [5.41, 5.74) is -2.45. The largest absolute Gasteiger partial charge is 0.516 e. The number of aromatic nitrogens is 2. The second-order valence-corrected chi connectivity index (χ2v) is 9.96. The van der Waals surface area contributed by atoms with E-state index < -0.39 is 27.9 Å². The first kappa shape index (κ1) is 25.4. The van der Waals surface area contributed by atoms with Gasteiger partial charge in [0, 0.05) is 12.7 Å². The maximum atomic E-state index is 14.8. The molecular weight excluding hydrogens is 504 g/mol. The summed E-state index contributed by atoms with van der Waals surface area (Å²) in [6, 6.07) is 7.78. The van der Waals surface area contributed by atoms with Crippen molar-refractivity contribution >= 4 is 33.6 Å². The SMILES string of the molecule is CCc1nc2ccc(C)cn2c1C(=O)NCc1ccc(N2CCN(S(=O)(=O)C(F)(F)F)C=N2)c(F)c1. The molecule has 192 valence electrons. The van der Waals surface area contributed by atoms with Gasteiger partial charge in [-0.25, -0.2) is 13.7 Å². The van der Waals surface area contributed by atoms with Crippen LogP contribution in [0.1, 0.15) is 34.2 Å². The number of carbonyl (C=O) groups is 1. The van der Waals surface area contributed by atoms with Crippen LogP contribution in [0.3, 0.4) is 0 Å². The Labute approximate surface area is 204 Å². The number of hydrogen-bond acceptors (Lipinski definition) is 6. The molecule has 4 rings (SSSR count). The molecule has 0 saturated heterocycles. The van der Waals surface area contributed by atoms with Gasteiger partial charge in [-0.05, 0) is 42.7 Å². The summed E-state index contributed by atoms with van der Waals surface area (Å²) >= 11 is 0. The maximum Gasteiger partial charge on any atom is 0.516 e. The Morgan fingerprint density at radius 3 is 2.53 bits per heavy atom. The first-order chi connectivity index (χ1) is 16.9. The Kier molecular flexibility index (Phi) is 6.64. The number of anilines is 1. The number of alkyl halides is 3. The monoisotopic (exact) mass is 526 g/mol. The first-order valence-corrected chi connectivity index (χ1v) is 12.3. The van der Waals surface area contributed by atoms with Crippen molar-refractivity contribution in [1.82, 2.24) is 19.0 Å². The summed E-state index contributed by atoms with van der Waals surface area (Å²) in [5.74, 6) is -1.10. The number of pyridine rings is 1. The highest BCUT2D eigenvalue weighted by atomic mass is 32.2. The number of sulfonamides is 1. The van der Waals surface area contributed by atoms with Gasteiger partial charge in [0.15, 0.2) is 0 Å². The fraction of sp³-hybridized carbons (Fsp3) is 0.318. The molecule has 1 aromatic carbocycles. The molecule has 9 nitrogen and oxygen atoms in total. The van der Waals surface area contributed by atoms with E-state index in [9.17, 15) is 30.8 Å². The van der Waals surface area contributed by atoms with E-state index in [1.54, 1.807) is 4.40 Å². The summed E-state index contributed by atoms with van der Waals surface area (Å²) in [5, 5.41) is 7.47. The van der Waals surface area contributed by atoms with Crippen molar-refractivity contribution in [3.8, 4) is 0 Å². The molecule has 14 heteroatoms.